The Balaban J connectivity index is 2.15. The molecule has 3 nitrogen and oxygen atoms in total. The van der Waals surface area contributed by atoms with Crippen LogP contribution in [0.2, 0.25) is 0 Å². The normalized spacial score (nSPS) is 27.2. The van der Waals surface area contributed by atoms with E-state index in [1.807, 2.05) is 0 Å². The fourth-order valence-corrected chi connectivity index (χ4v) is 2.12. The molecule has 15 heavy (non-hydrogen) atoms. The van der Waals surface area contributed by atoms with Gasteiger partial charge in [-0.25, -0.2) is 0 Å². The third-order valence-electron chi connectivity index (χ3n) is 3.22. The smallest absolute Gasteiger partial charge is 0.0521 e. The number of nitrogens with two attached hydrogens (primary N) is 1. The van der Waals surface area contributed by atoms with Crippen molar-refractivity contribution in [3.63, 3.8) is 0 Å². The molecule has 90 valence electrons. The van der Waals surface area contributed by atoms with Gasteiger partial charge in [0.25, 0.3) is 0 Å². The second-order valence-electron chi connectivity index (χ2n) is 4.76. The average Bonchev–Trinajstić information content (AvgIpc) is 2.22. The molecule has 2 unspecified atom stereocenters. The van der Waals surface area contributed by atoms with E-state index in [1.54, 1.807) is 0 Å². The topological polar surface area (TPSA) is 38.5 Å². The molecule has 0 saturated carbocycles. The molecule has 0 bridgehead atoms. The summed E-state index contributed by atoms with van der Waals surface area (Å²) in [5, 5.41) is 0. The molecule has 2 N–H and O–H groups in total. The van der Waals surface area contributed by atoms with Crippen molar-refractivity contribution in [3.8, 4) is 0 Å². The summed E-state index contributed by atoms with van der Waals surface area (Å²) in [7, 11) is 2.19. The zero-order valence-corrected chi connectivity index (χ0v) is 10.2. The van der Waals surface area contributed by atoms with E-state index in [-0.39, 0.29) is 0 Å². The van der Waals surface area contributed by atoms with Gasteiger partial charge in [0, 0.05) is 25.1 Å². The molecule has 0 radical (unpaired) electrons. The van der Waals surface area contributed by atoms with Crippen molar-refractivity contribution >= 4 is 0 Å². The number of hydrogen-bond acceptors (Lipinski definition) is 3. The molecule has 1 rings (SSSR count). The molecule has 1 fully saturated rings. The Bertz CT molecular complexity index is 164. The third kappa shape index (κ3) is 4.96. The summed E-state index contributed by atoms with van der Waals surface area (Å²) in [6.07, 6.45) is 4.95. The molecular weight excluding hydrogens is 188 g/mol. The van der Waals surface area contributed by atoms with Crippen molar-refractivity contribution in [2.75, 3.05) is 33.4 Å². The molecule has 0 spiro atoms. The minimum atomic E-state index is 0.340. The lowest BCUT2D eigenvalue weighted by molar-refractivity contribution is 0.0293. The molecule has 3 heteroatoms. The van der Waals surface area contributed by atoms with Gasteiger partial charge in [-0.2, -0.15) is 0 Å². The largest absolute Gasteiger partial charge is 0.381 e. The lowest BCUT2D eigenvalue weighted by Gasteiger charge is -2.32. The van der Waals surface area contributed by atoms with Crippen LogP contribution in [-0.4, -0.2) is 44.3 Å². The first kappa shape index (κ1) is 12.9. The maximum Gasteiger partial charge on any atom is 0.0521 e. The van der Waals surface area contributed by atoms with Gasteiger partial charge in [0.2, 0.25) is 0 Å². The molecule has 0 aromatic rings. The molecule has 0 amide bonds. The van der Waals surface area contributed by atoms with Crippen molar-refractivity contribution < 1.29 is 4.74 Å². The van der Waals surface area contributed by atoms with Crippen LogP contribution >= 0.6 is 0 Å². The van der Waals surface area contributed by atoms with Gasteiger partial charge in [-0.05, 0) is 26.4 Å². The van der Waals surface area contributed by atoms with E-state index in [1.165, 1.54) is 25.8 Å². The van der Waals surface area contributed by atoms with Crippen LogP contribution < -0.4 is 5.73 Å². The van der Waals surface area contributed by atoms with E-state index in [2.05, 4.69) is 18.9 Å². The molecule has 0 aromatic heterocycles. The molecule has 2 atom stereocenters. The second kappa shape index (κ2) is 7.20. The van der Waals surface area contributed by atoms with Gasteiger partial charge in [-0.15, -0.1) is 0 Å². The van der Waals surface area contributed by atoms with Crippen molar-refractivity contribution in [2.45, 2.75) is 38.6 Å². The van der Waals surface area contributed by atoms with E-state index in [9.17, 15) is 0 Å². The minimum Gasteiger partial charge on any atom is -0.381 e. The van der Waals surface area contributed by atoms with Gasteiger partial charge >= 0.3 is 0 Å². The SMILES string of the molecule is CCCCCN(C)CC1COCCC1N. The summed E-state index contributed by atoms with van der Waals surface area (Å²) in [6.45, 7) is 6.21. The maximum absolute atomic E-state index is 6.08. The highest BCUT2D eigenvalue weighted by Gasteiger charge is 2.23. The molecule has 1 heterocycles. The van der Waals surface area contributed by atoms with E-state index >= 15 is 0 Å². The van der Waals surface area contributed by atoms with Crippen LogP contribution in [0.4, 0.5) is 0 Å². The minimum absolute atomic E-state index is 0.340. The van der Waals surface area contributed by atoms with Crippen LogP contribution in [0.15, 0.2) is 0 Å². The number of nitrogens with zero attached hydrogens (tertiary/aromatic N) is 1. The Labute approximate surface area is 94.0 Å². The predicted octanol–water partition coefficient (Wildman–Crippen LogP) is 1.47. The van der Waals surface area contributed by atoms with Gasteiger partial charge in [0.05, 0.1) is 6.61 Å². The molecular formula is C12H26N2O. The standard InChI is InChI=1S/C12H26N2O/c1-3-4-5-7-14(2)9-11-10-15-8-6-12(11)13/h11-12H,3-10,13H2,1-2H3. The van der Waals surface area contributed by atoms with E-state index in [0.717, 1.165) is 26.2 Å². The quantitative estimate of drug-likeness (QED) is 0.681. The molecule has 1 saturated heterocycles. The Kier molecular flexibility index (Phi) is 6.22. The maximum atomic E-state index is 6.08. The highest BCUT2D eigenvalue weighted by Crippen LogP contribution is 2.14. The number of hydrogen-bond donors (Lipinski definition) is 1. The van der Waals surface area contributed by atoms with Crippen molar-refractivity contribution in [1.82, 2.24) is 4.90 Å². The fourth-order valence-electron chi connectivity index (χ4n) is 2.12. The summed E-state index contributed by atoms with van der Waals surface area (Å²) < 4.78 is 5.47. The van der Waals surface area contributed by atoms with Gasteiger partial charge in [-0.1, -0.05) is 19.8 Å². The Morgan fingerprint density at radius 2 is 2.20 bits per heavy atom. The summed E-state index contributed by atoms with van der Waals surface area (Å²) in [6, 6.07) is 0.340. The van der Waals surface area contributed by atoms with E-state index in [4.69, 9.17) is 10.5 Å². The zero-order valence-electron chi connectivity index (χ0n) is 10.2. The zero-order chi connectivity index (χ0) is 11.1. The molecule has 1 aliphatic rings. The Morgan fingerprint density at radius 1 is 1.40 bits per heavy atom. The first-order chi connectivity index (χ1) is 7.24. The van der Waals surface area contributed by atoms with Gasteiger partial charge in [-0.3, -0.25) is 0 Å². The summed E-state index contributed by atoms with van der Waals surface area (Å²) in [4.78, 5) is 2.40. The average molecular weight is 214 g/mol. The van der Waals surface area contributed by atoms with Gasteiger partial charge in [0.1, 0.15) is 0 Å². The van der Waals surface area contributed by atoms with Crippen LogP contribution in [0.1, 0.15) is 32.6 Å². The first-order valence-corrected chi connectivity index (χ1v) is 6.26. The van der Waals surface area contributed by atoms with E-state index in [0.29, 0.717) is 12.0 Å². The van der Waals surface area contributed by atoms with Crippen molar-refractivity contribution in [1.29, 1.82) is 0 Å². The van der Waals surface area contributed by atoms with Crippen LogP contribution in [-0.2, 0) is 4.74 Å². The number of rotatable bonds is 6. The van der Waals surface area contributed by atoms with Gasteiger partial charge < -0.3 is 15.4 Å². The number of ether oxygens (including phenoxy) is 1. The molecule has 0 aromatic carbocycles. The Hall–Kier alpha value is -0.120. The Morgan fingerprint density at radius 3 is 2.87 bits per heavy atom. The van der Waals surface area contributed by atoms with Crippen LogP contribution in [0.3, 0.4) is 0 Å². The highest BCUT2D eigenvalue weighted by molar-refractivity contribution is 4.78. The highest BCUT2D eigenvalue weighted by atomic mass is 16.5. The molecule has 1 aliphatic heterocycles. The van der Waals surface area contributed by atoms with Crippen LogP contribution in [0, 0.1) is 5.92 Å². The van der Waals surface area contributed by atoms with Gasteiger partial charge in [0.15, 0.2) is 0 Å². The predicted molar refractivity (Wildman–Crippen MR) is 63.9 cm³/mol. The van der Waals surface area contributed by atoms with Crippen LogP contribution in [0.25, 0.3) is 0 Å². The summed E-state index contributed by atoms with van der Waals surface area (Å²) >= 11 is 0. The lowest BCUT2D eigenvalue weighted by atomic mass is 9.96. The van der Waals surface area contributed by atoms with E-state index < -0.39 is 0 Å². The molecule has 0 aliphatic carbocycles. The summed E-state index contributed by atoms with van der Waals surface area (Å²) in [5.41, 5.74) is 6.08. The third-order valence-corrected chi connectivity index (χ3v) is 3.22. The summed E-state index contributed by atoms with van der Waals surface area (Å²) in [5.74, 6) is 0.533. The van der Waals surface area contributed by atoms with Crippen LogP contribution in [0.5, 0.6) is 0 Å². The van der Waals surface area contributed by atoms with Crippen molar-refractivity contribution in [3.05, 3.63) is 0 Å². The number of unbranched alkanes of at least 4 members (excludes halogenated alkanes) is 2. The second-order valence-corrected chi connectivity index (χ2v) is 4.76. The van der Waals surface area contributed by atoms with Crippen molar-refractivity contribution in [2.24, 2.45) is 11.7 Å². The monoisotopic (exact) mass is 214 g/mol. The fraction of sp³-hybridized carbons (Fsp3) is 1.00. The lowest BCUT2D eigenvalue weighted by Crippen LogP contribution is -2.44. The first-order valence-electron chi connectivity index (χ1n) is 6.26.